The molecule has 5 aromatic rings. The van der Waals surface area contributed by atoms with E-state index in [0.717, 1.165) is 33.5 Å². The maximum absolute atomic E-state index is 12.8. The minimum absolute atomic E-state index is 0.215. The molecule has 0 aliphatic heterocycles. The van der Waals surface area contributed by atoms with Gasteiger partial charge in [0.1, 0.15) is 21.8 Å². The van der Waals surface area contributed by atoms with Gasteiger partial charge in [0.05, 0.1) is 6.61 Å². The molecule has 0 radical (unpaired) electrons. The Morgan fingerprint density at radius 1 is 1.06 bits per heavy atom. The summed E-state index contributed by atoms with van der Waals surface area (Å²) in [5.41, 5.74) is 1.58. The van der Waals surface area contributed by atoms with Gasteiger partial charge in [-0.1, -0.05) is 46.3 Å². The summed E-state index contributed by atoms with van der Waals surface area (Å²) >= 11 is 4.72. The van der Waals surface area contributed by atoms with Crippen molar-refractivity contribution in [3.05, 3.63) is 85.8 Å². The number of halogens is 1. The fourth-order valence-electron chi connectivity index (χ4n) is 3.21. The van der Waals surface area contributed by atoms with Crippen LogP contribution in [0.5, 0.6) is 5.75 Å². The molecule has 0 fully saturated rings. The highest BCUT2D eigenvalue weighted by Gasteiger charge is 2.13. The van der Waals surface area contributed by atoms with Gasteiger partial charge in [-0.15, -0.1) is 5.10 Å². The van der Waals surface area contributed by atoms with Gasteiger partial charge in [0, 0.05) is 21.7 Å². The summed E-state index contributed by atoms with van der Waals surface area (Å²) in [5, 5.41) is 4.41. The number of rotatable bonds is 6. The predicted molar refractivity (Wildman–Crippen MR) is 129 cm³/mol. The van der Waals surface area contributed by atoms with Crippen LogP contribution in [0.2, 0.25) is 0 Å². The quantitative estimate of drug-likeness (QED) is 0.316. The van der Waals surface area contributed by atoms with Crippen molar-refractivity contribution < 1.29 is 9.15 Å². The van der Waals surface area contributed by atoms with Crippen molar-refractivity contribution in [3.8, 4) is 28.5 Å². The fourth-order valence-corrected chi connectivity index (χ4v) is 4.36. The van der Waals surface area contributed by atoms with Crippen LogP contribution in [0, 0.1) is 0 Å². The van der Waals surface area contributed by atoms with E-state index in [-0.39, 0.29) is 5.56 Å². The first kappa shape index (κ1) is 20.7. The monoisotopic (exact) mass is 507 g/mol. The van der Waals surface area contributed by atoms with Gasteiger partial charge in [-0.25, -0.2) is 0 Å². The Kier molecular flexibility index (Phi) is 5.63. The second kappa shape index (κ2) is 8.72. The lowest BCUT2D eigenvalue weighted by Gasteiger charge is -2.04. The van der Waals surface area contributed by atoms with E-state index in [1.165, 1.54) is 15.9 Å². The molecule has 0 aliphatic carbocycles. The molecule has 0 N–H and O–H groups in total. The molecule has 0 unspecified atom stereocenters. The second-order valence-electron chi connectivity index (χ2n) is 7.13. The molecule has 8 heteroatoms. The highest BCUT2D eigenvalue weighted by atomic mass is 79.9. The van der Waals surface area contributed by atoms with Gasteiger partial charge >= 0.3 is 0 Å². The number of hydrogen-bond acceptors (Lipinski definition) is 6. The van der Waals surface area contributed by atoms with E-state index in [0.29, 0.717) is 27.7 Å². The molecule has 0 spiro atoms. The van der Waals surface area contributed by atoms with E-state index in [4.69, 9.17) is 9.15 Å². The third-order valence-corrected chi connectivity index (χ3v) is 6.28. The Morgan fingerprint density at radius 2 is 1.81 bits per heavy atom. The summed E-state index contributed by atoms with van der Waals surface area (Å²) in [6.45, 7) is 2.74. The SMILES string of the molecule is CCCOc1ccc(-c2nc3sc(=Cc4ccc(-c5ccc(Br)cc5)o4)c(=O)n3n2)cc1. The first-order valence-electron chi connectivity index (χ1n) is 10.1. The van der Waals surface area contributed by atoms with Crippen molar-refractivity contribution in [1.29, 1.82) is 0 Å². The lowest BCUT2D eigenvalue weighted by atomic mass is 10.2. The van der Waals surface area contributed by atoms with E-state index >= 15 is 0 Å². The molecule has 0 saturated heterocycles. The van der Waals surface area contributed by atoms with Crippen LogP contribution < -0.4 is 14.8 Å². The maximum atomic E-state index is 12.8. The van der Waals surface area contributed by atoms with Crippen LogP contribution in [0.4, 0.5) is 0 Å². The Labute approximate surface area is 195 Å². The van der Waals surface area contributed by atoms with Crippen LogP contribution in [0.15, 0.2) is 74.3 Å². The molecule has 0 bridgehead atoms. The Hall–Kier alpha value is -3.23. The number of ether oxygens (including phenoxy) is 1. The third kappa shape index (κ3) is 4.11. The Bertz CT molecular complexity index is 1480. The number of furan rings is 1. The minimum Gasteiger partial charge on any atom is -0.494 e. The van der Waals surface area contributed by atoms with E-state index in [1.807, 2.05) is 60.7 Å². The maximum Gasteiger partial charge on any atom is 0.291 e. The van der Waals surface area contributed by atoms with E-state index < -0.39 is 0 Å². The van der Waals surface area contributed by atoms with Crippen LogP contribution in [0.3, 0.4) is 0 Å². The van der Waals surface area contributed by atoms with Crippen molar-refractivity contribution in [2.24, 2.45) is 0 Å². The van der Waals surface area contributed by atoms with Gasteiger partial charge < -0.3 is 9.15 Å². The summed E-state index contributed by atoms with van der Waals surface area (Å²) in [4.78, 5) is 17.9. The molecule has 0 aliphatic rings. The second-order valence-corrected chi connectivity index (χ2v) is 9.05. The average molecular weight is 508 g/mol. The number of thiazole rings is 1. The van der Waals surface area contributed by atoms with Gasteiger partial charge in [-0.05, 0) is 55.0 Å². The molecule has 0 amide bonds. The molecule has 3 aromatic heterocycles. The minimum atomic E-state index is -0.215. The van der Waals surface area contributed by atoms with Gasteiger partial charge in [0.25, 0.3) is 5.56 Å². The molecule has 0 atom stereocenters. The molecule has 5 rings (SSSR count). The van der Waals surface area contributed by atoms with Crippen molar-refractivity contribution in [3.63, 3.8) is 0 Å². The smallest absolute Gasteiger partial charge is 0.291 e. The zero-order valence-electron chi connectivity index (χ0n) is 17.1. The molecule has 160 valence electrons. The van der Waals surface area contributed by atoms with Crippen LogP contribution in [-0.2, 0) is 0 Å². The number of benzene rings is 2. The Balaban J connectivity index is 1.42. The summed E-state index contributed by atoms with van der Waals surface area (Å²) < 4.78 is 14.4. The van der Waals surface area contributed by atoms with Crippen LogP contribution in [0.1, 0.15) is 19.1 Å². The van der Waals surface area contributed by atoms with Gasteiger partial charge in [0.2, 0.25) is 4.96 Å². The zero-order chi connectivity index (χ0) is 22.1. The predicted octanol–water partition coefficient (Wildman–Crippen LogP) is 5.18. The molecular formula is C24H18BrN3O3S. The Morgan fingerprint density at radius 3 is 2.53 bits per heavy atom. The summed E-state index contributed by atoms with van der Waals surface area (Å²) in [7, 11) is 0. The molecule has 2 aromatic carbocycles. The lowest BCUT2D eigenvalue weighted by molar-refractivity contribution is 0.317. The van der Waals surface area contributed by atoms with Crippen molar-refractivity contribution >= 4 is 38.3 Å². The van der Waals surface area contributed by atoms with Gasteiger partial charge in [0.15, 0.2) is 5.82 Å². The average Bonchev–Trinajstić information content (AvgIpc) is 3.51. The van der Waals surface area contributed by atoms with Crippen molar-refractivity contribution in [2.75, 3.05) is 6.61 Å². The number of fused-ring (bicyclic) bond motifs is 1. The number of aromatic nitrogens is 3. The normalized spacial score (nSPS) is 12.0. The topological polar surface area (TPSA) is 69.6 Å². The first-order chi connectivity index (χ1) is 15.6. The molecule has 32 heavy (non-hydrogen) atoms. The molecule has 6 nitrogen and oxygen atoms in total. The highest BCUT2D eigenvalue weighted by Crippen LogP contribution is 2.24. The number of nitrogens with zero attached hydrogens (tertiary/aromatic N) is 3. The first-order valence-corrected chi connectivity index (χ1v) is 11.7. The summed E-state index contributed by atoms with van der Waals surface area (Å²) in [5.74, 6) is 2.66. The van der Waals surface area contributed by atoms with Gasteiger partial charge in [-0.3, -0.25) is 4.79 Å². The molecular weight excluding hydrogens is 490 g/mol. The van der Waals surface area contributed by atoms with Crippen LogP contribution in [-0.4, -0.2) is 21.2 Å². The third-order valence-electron chi connectivity index (χ3n) is 4.80. The van der Waals surface area contributed by atoms with Crippen molar-refractivity contribution in [1.82, 2.24) is 14.6 Å². The largest absolute Gasteiger partial charge is 0.494 e. The number of hydrogen-bond donors (Lipinski definition) is 0. The van der Waals surface area contributed by atoms with Crippen LogP contribution in [0.25, 0.3) is 33.7 Å². The molecule has 3 heterocycles. The van der Waals surface area contributed by atoms with E-state index in [2.05, 4.69) is 32.9 Å². The van der Waals surface area contributed by atoms with Crippen LogP contribution >= 0.6 is 27.3 Å². The molecule has 0 saturated carbocycles. The fraction of sp³-hybridized carbons (Fsp3) is 0.125. The van der Waals surface area contributed by atoms with Crippen molar-refractivity contribution in [2.45, 2.75) is 13.3 Å². The van der Waals surface area contributed by atoms with E-state index in [9.17, 15) is 4.79 Å². The lowest BCUT2D eigenvalue weighted by Crippen LogP contribution is -2.23. The zero-order valence-corrected chi connectivity index (χ0v) is 19.5. The summed E-state index contributed by atoms with van der Waals surface area (Å²) in [6.07, 6.45) is 2.68. The highest BCUT2D eigenvalue weighted by molar-refractivity contribution is 9.10. The summed E-state index contributed by atoms with van der Waals surface area (Å²) in [6, 6.07) is 19.2. The standard InChI is InChI=1S/C24H18BrN3O3S/c1-2-13-30-18-9-5-16(6-10-18)22-26-24-28(27-22)23(29)21(32-24)14-19-11-12-20(31-19)15-3-7-17(25)8-4-15/h3-12,14H,2,13H2,1H3. The van der Waals surface area contributed by atoms with Gasteiger partial charge in [-0.2, -0.15) is 9.50 Å². The van der Waals surface area contributed by atoms with E-state index in [1.54, 1.807) is 6.08 Å².